The molecule has 1 saturated carbocycles. The van der Waals surface area contributed by atoms with Crippen molar-refractivity contribution >= 4 is 23.3 Å². The van der Waals surface area contributed by atoms with Crippen molar-refractivity contribution in [1.29, 1.82) is 0 Å². The van der Waals surface area contributed by atoms with E-state index in [9.17, 15) is 23.1 Å². The van der Waals surface area contributed by atoms with Gasteiger partial charge in [0.2, 0.25) is 0 Å². The summed E-state index contributed by atoms with van der Waals surface area (Å²) in [4.78, 5) is 12.1. The Morgan fingerprint density at radius 2 is 2.17 bits per heavy atom. The maximum Gasteiger partial charge on any atom is 0.419 e. The highest BCUT2D eigenvalue weighted by Crippen LogP contribution is 2.49. The molecule has 11 heteroatoms. The maximum atomic E-state index is 14.3. The maximum absolute atomic E-state index is 14.3. The van der Waals surface area contributed by atoms with Crippen molar-refractivity contribution in [2.75, 3.05) is 32.2 Å². The number of methoxy groups -OCH3 is 1. The van der Waals surface area contributed by atoms with E-state index in [-0.39, 0.29) is 53.7 Å². The first kappa shape index (κ1) is 22.7. The molecule has 1 aromatic carbocycles. The minimum atomic E-state index is -4.87. The number of fused-ring (bicyclic) bond motifs is 1. The van der Waals surface area contributed by atoms with Crippen molar-refractivity contribution in [1.82, 2.24) is 5.32 Å². The fraction of sp³-hybridized carbons (Fsp3) is 0.526. The lowest BCUT2D eigenvalue weighted by molar-refractivity contribution is -0.181. The summed E-state index contributed by atoms with van der Waals surface area (Å²) in [5, 5.41) is 23.0. The van der Waals surface area contributed by atoms with Crippen molar-refractivity contribution < 1.29 is 37.7 Å². The number of anilines is 1. The van der Waals surface area contributed by atoms with Crippen LogP contribution in [-0.2, 0) is 10.3 Å². The lowest BCUT2D eigenvalue weighted by Crippen LogP contribution is -2.59. The van der Waals surface area contributed by atoms with E-state index < -0.39 is 23.9 Å². The third kappa shape index (κ3) is 4.36. The molecule has 1 heterocycles. The predicted molar refractivity (Wildman–Crippen MR) is 103 cm³/mol. The molecule has 0 aromatic heterocycles. The number of amides is 2. The van der Waals surface area contributed by atoms with Crippen molar-refractivity contribution in [2.45, 2.75) is 24.2 Å². The molecule has 0 bridgehead atoms. The second kappa shape index (κ2) is 8.62. The van der Waals surface area contributed by atoms with E-state index in [4.69, 9.17) is 26.2 Å². The van der Waals surface area contributed by atoms with Gasteiger partial charge in [-0.3, -0.25) is 0 Å². The number of hydrogen-bond donors (Lipinski definition) is 4. The zero-order chi connectivity index (χ0) is 22.1. The van der Waals surface area contributed by atoms with E-state index in [1.807, 2.05) is 5.32 Å². The molecule has 4 N–H and O–H groups in total. The summed E-state index contributed by atoms with van der Waals surface area (Å²) in [7, 11) is 1.43. The number of carbonyl (C=O) groups excluding carboxylic acids is 1. The summed E-state index contributed by atoms with van der Waals surface area (Å²) in [5.74, 6) is -0.440. The van der Waals surface area contributed by atoms with Crippen molar-refractivity contribution in [3.05, 3.63) is 34.9 Å². The largest absolute Gasteiger partial charge is 0.490 e. The molecular formula is C19H22ClF3N2O5. The van der Waals surface area contributed by atoms with Gasteiger partial charge in [-0.2, -0.15) is 13.2 Å². The van der Waals surface area contributed by atoms with Gasteiger partial charge in [-0.1, -0.05) is 17.7 Å². The fourth-order valence-electron chi connectivity index (χ4n) is 3.56. The van der Waals surface area contributed by atoms with E-state index in [0.717, 1.165) is 12.1 Å². The van der Waals surface area contributed by atoms with E-state index in [1.165, 1.54) is 19.3 Å². The van der Waals surface area contributed by atoms with E-state index in [0.29, 0.717) is 6.42 Å². The number of carbonyl (C=O) groups is 1. The van der Waals surface area contributed by atoms with Crippen LogP contribution in [0.25, 0.3) is 0 Å². The molecule has 3 unspecified atom stereocenters. The van der Waals surface area contributed by atoms with Gasteiger partial charge in [0.05, 0.1) is 30.0 Å². The van der Waals surface area contributed by atoms with Gasteiger partial charge in [-0.15, -0.1) is 0 Å². The van der Waals surface area contributed by atoms with Crippen LogP contribution in [0.5, 0.6) is 5.75 Å². The number of nitrogens with one attached hydrogen (secondary N) is 2. The molecule has 4 atom stereocenters. The van der Waals surface area contributed by atoms with Crippen LogP contribution in [0.2, 0.25) is 5.02 Å². The van der Waals surface area contributed by atoms with E-state index in [1.54, 1.807) is 0 Å². The number of urea groups is 1. The number of hydrogen-bond acceptors (Lipinski definition) is 5. The molecule has 30 heavy (non-hydrogen) atoms. The zero-order valence-corrected chi connectivity index (χ0v) is 16.8. The molecule has 0 saturated heterocycles. The van der Waals surface area contributed by atoms with Gasteiger partial charge in [0, 0.05) is 18.7 Å². The van der Waals surface area contributed by atoms with Crippen molar-refractivity contribution in [3.8, 4) is 5.75 Å². The molecule has 1 aromatic rings. The molecule has 1 aliphatic heterocycles. The molecule has 1 fully saturated rings. The number of alkyl halides is 3. The van der Waals surface area contributed by atoms with Gasteiger partial charge in [0.15, 0.2) is 5.54 Å². The van der Waals surface area contributed by atoms with Crippen molar-refractivity contribution in [3.63, 3.8) is 0 Å². The Morgan fingerprint density at radius 1 is 1.43 bits per heavy atom. The van der Waals surface area contributed by atoms with Crippen LogP contribution in [0.3, 0.4) is 0 Å². The first-order chi connectivity index (χ1) is 14.1. The Hall–Kier alpha value is -2.01. The van der Waals surface area contributed by atoms with Gasteiger partial charge in [-0.25, -0.2) is 4.79 Å². The highest BCUT2D eigenvalue weighted by Gasteiger charge is 2.58. The van der Waals surface area contributed by atoms with Crippen LogP contribution < -0.4 is 15.4 Å². The Kier molecular flexibility index (Phi) is 6.51. The second-order valence-corrected chi connectivity index (χ2v) is 7.64. The average Bonchev–Trinajstić information content (AvgIpc) is 3.44. The number of ether oxygens (including phenoxy) is 2. The number of rotatable bonds is 8. The third-order valence-corrected chi connectivity index (χ3v) is 5.46. The second-order valence-electron chi connectivity index (χ2n) is 7.23. The molecule has 166 valence electrons. The molecule has 0 radical (unpaired) electrons. The summed E-state index contributed by atoms with van der Waals surface area (Å²) in [6.07, 6.45) is -2.87. The number of aliphatic hydroxyl groups is 2. The smallest absolute Gasteiger partial charge is 0.419 e. The lowest BCUT2D eigenvalue weighted by Gasteiger charge is -2.39. The SMILES string of the molecule is COCC(O)C1CC1/C=C/[C@]1(C(F)(F)F)NC(=O)Nc2cc(OCCO)c(Cl)cc21. The van der Waals surface area contributed by atoms with Gasteiger partial charge >= 0.3 is 12.2 Å². The van der Waals surface area contributed by atoms with E-state index >= 15 is 0 Å². The van der Waals surface area contributed by atoms with Crippen LogP contribution in [0.4, 0.5) is 23.7 Å². The Balaban J connectivity index is 1.98. The number of halogens is 4. The van der Waals surface area contributed by atoms with Gasteiger partial charge < -0.3 is 30.3 Å². The highest BCUT2D eigenvalue weighted by molar-refractivity contribution is 6.32. The summed E-state index contributed by atoms with van der Waals surface area (Å²) in [5.41, 5.74) is -3.20. The van der Waals surface area contributed by atoms with Crippen molar-refractivity contribution in [2.24, 2.45) is 11.8 Å². The molecule has 1 aliphatic carbocycles. The molecule has 7 nitrogen and oxygen atoms in total. The summed E-state index contributed by atoms with van der Waals surface area (Å²) >= 11 is 6.10. The summed E-state index contributed by atoms with van der Waals surface area (Å²) < 4.78 is 52.9. The normalized spacial score (nSPS) is 26.7. The Bertz CT molecular complexity index is 835. The average molecular weight is 451 g/mol. The highest BCUT2D eigenvalue weighted by atomic mass is 35.5. The zero-order valence-electron chi connectivity index (χ0n) is 16.0. The molecule has 2 aliphatic rings. The van der Waals surface area contributed by atoms with Crippen LogP contribution in [0.1, 0.15) is 12.0 Å². The number of benzene rings is 1. The quantitative estimate of drug-likeness (QED) is 0.456. The Labute approximate surface area is 175 Å². The van der Waals surface area contributed by atoms with Gasteiger partial charge in [0.25, 0.3) is 0 Å². The van der Waals surface area contributed by atoms with Crippen LogP contribution in [0, 0.1) is 11.8 Å². The number of aliphatic hydroxyl groups excluding tert-OH is 2. The monoisotopic (exact) mass is 450 g/mol. The first-order valence-electron chi connectivity index (χ1n) is 9.23. The van der Waals surface area contributed by atoms with Crippen LogP contribution >= 0.6 is 11.6 Å². The molecular weight excluding hydrogens is 429 g/mol. The van der Waals surface area contributed by atoms with Gasteiger partial charge in [0.1, 0.15) is 12.4 Å². The lowest BCUT2D eigenvalue weighted by atomic mass is 9.85. The molecule has 0 spiro atoms. The number of allylic oxidation sites excluding steroid dienone is 1. The van der Waals surface area contributed by atoms with Gasteiger partial charge in [-0.05, 0) is 30.4 Å². The topological polar surface area (TPSA) is 100 Å². The summed E-state index contributed by atoms with van der Waals surface area (Å²) in [6.45, 7) is -0.328. The minimum absolute atomic E-state index is 0.0386. The standard InChI is InChI=1S/C19H22ClF3N2O5/c1-29-9-15(27)11-6-10(11)2-3-18(19(21,22)23)12-7-13(20)16(30-5-4-26)8-14(12)24-17(28)25-18/h2-3,7-8,10-11,15,26-27H,4-6,9H2,1H3,(H2,24,25,28)/b3-2+/t10?,11?,15?,18-/m0/s1. The van der Waals surface area contributed by atoms with E-state index in [2.05, 4.69) is 5.32 Å². The van der Waals surface area contributed by atoms with Crippen LogP contribution in [-0.4, -0.2) is 55.5 Å². The summed E-state index contributed by atoms with van der Waals surface area (Å²) in [6, 6.07) is 1.24. The third-order valence-electron chi connectivity index (χ3n) is 5.17. The predicted octanol–water partition coefficient (Wildman–Crippen LogP) is 2.80. The molecule has 3 rings (SSSR count). The first-order valence-corrected chi connectivity index (χ1v) is 9.60. The molecule has 2 amide bonds. The Morgan fingerprint density at radius 3 is 2.80 bits per heavy atom. The fourth-order valence-corrected chi connectivity index (χ4v) is 3.78. The minimum Gasteiger partial charge on any atom is -0.490 e. The van der Waals surface area contributed by atoms with Crippen LogP contribution in [0.15, 0.2) is 24.3 Å².